The summed E-state index contributed by atoms with van der Waals surface area (Å²) in [4.78, 5) is 21.9. The van der Waals surface area contributed by atoms with Crippen LogP contribution >= 0.6 is 0 Å². The number of hydrogen-bond acceptors (Lipinski definition) is 3. The first-order valence-corrected chi connectivity index (χ1v) is 9.18. The van der Waals surface area contributed by atoms with Crippen molar-refractivity contribution in [2.45, 2.75) is 72.8 Å². The molecule has 0 saturated carbocycles. The molecule has 0 aromatic heterocycles. The Balaban J connectivity index is 2.73. The molecule has 4 nitrogen and oxygen atoms in total. The molecule has 4 heteroatoms. The molecular formula is C22H32O4. The lowest BCUT2D eigenvalue weighted by atomic mass is 9.71. The Morgan fingerprint density at radius 1 is 1.27 bits per heavy atom. The number of carbonyl (C=O) groups is 2. The summed E-state index contributed by atoms with van der Waals surface area (Å²) < 4.78 is 0. The number of hydrogen-bond donors (Lipinski definition) is 2. The monoisotopic (exact) mass is 360 g/mol. The van der Waals surface area contributed by atoms with E-state index in [0.717, 1.165) is 18.4 Å². The number of aliphatic hydroxyl groups is 1. The van der Waals surface area contributed by atoms with Crippen LogP contribution in [0.4, 0.5) is 0 Å². The summed E-state index contributed by atoms with van der Waals surface area (Å²) in [6.07, 6.45) is 9.84. The molecule has 0 spiro atoms. The van der Waals surface area contributed by atoms with Crippen LogP contribution in [-0.2, 0) is 9.59 Å². The van der Waals surface area contributed by atoms with Gasteiger partial charge in [0.2, 0.25) is 0 Å². The maximum Gasteiger partial charge on any atom is 0.311 e. The highest BCUT2D eigenvalue weighted by molar-refractivity contribution is 6.01. The van der Waals surface area contributed by atoms with Gasteiger partial charge < -0.3 is 10.2 Å². The number of aliphatic hydroxyl groups excluding tert-OH is 1. The van der Waals surface area contributed by atoms with Crippen molar-refractivity contribution in [1.29, 1.82) is 0 Å². The van der Waals surface area contributed by atoms with E-state index in [1.54, 1.807) is 19.1 Å². The number of aliphatic carboxylic acids is 1. The van der Waals surface area contributed by atoms with Crippen molar-refractivity contribution in [2.75, 3.05) is 0 Å². The molecule has 144 valence electrons. The summed E-state index contributed by atoms with van der Waals surface area (Å²) in [6.45, 7) is 10.4. The zero-order valence-corrected chi connectivity index (χ0v) is 16.6. The average molecular weight is 360 g/mol. The molecule has 1 aliphatic rings. The predicted octanol–water partition coefficient (Wildman–Crippen LogP) is 4.76. The van der Waals surface area contributed by atoms with Gasteiger partial charge in [0.15, 0.2) is 5.78 Å². The molecular weight excluding hydrogens is 328 g/mol. The minimum atomic E-state index is -1.14. The summed E-state index contributed by atoms with van der Waals surface area (Å²) in [6, 6.07) is 0. The Hall–Kier alpha value is -1.94. The van der Waals surface area contributed by atoms with Gasteiger partial charge in [-0.15, -0.1) is 0 Å². The molecule has 0 aliphatic heterocycles. The van der Waals surface area contributed by atoms with Crippen molar-refractivity contribution < 1.29 is 19.8 Å². The Morgan fingerprint density at radius 3 is 2.50 bits per heavy atom. The number of carbonyl (C=O) groups excluding carboxylic acids is 1. The Labute approximate surface area is 157 Å². The van der Waals surface area contributed by atoms with Gasteiger partial charge in [0, 0.05) is 0 Å². The number of ketones is 1. The van der Waals surface area contributed by atoms with Crippen LogP contribution in [0.3, 0.4) is 0 Å². The van der Waals surface area contributed by atoms with E-state index in [2.05, 4.69) is 26.8 Å². The number of rotatable bonds is 8. The Morgan fingerprint density at radius 2 is 1.92 bits per heavy atom. The molecule has 1 unspecified atom stereocenters. The second kappa shape index (κ2) is 9.67. The third-order valence-corrected chi connectivity index (χ3v) is 5.04. The molecule has 0 aromatic rings. The highest BCUT2D eigenvalue weighted by atomic mass is 16.4. The third kappa shape index (κ3) is 7.12. The molecule has 0 aromatic carbocycles. The second-order valence-electron chi connectivity index (χ2n) is 7.88. The first kappa shape index (κ1) is 22.1. The maximum atomic E-state index is 11.4. The smallest absolute Gasteiger partial charge is 0.311 e. The van der Waals surface area contributed by atoms with Gasteiger partial charge in [-0.3, -0.25) is 9.59 Å². The van der Waals surface area contributed by atoms with Crippen LogP contribution < -0.4 is 0 Å². The van der Waals surface area contributed by atoms with E-state index in [9.17, 15) is 14.7 Å². The van der Waals surface area contributed by atoms with Gasteiger partial charge in [0.05, 0.1) is 6.10 Å². The van der Waals surface area contributed by atoms with E-state index in [1.807, 2.05) is 6.92 Å². The molecule has 2 N–H and O–H groups in total. The van der Waals surface area contributed by atoms with Gasteiger partial charge >= 0.3 is 5.97 Å². The van der Waals surface area contributed by atoms with Crippen LogP contribution in [0.1, 0.15) is 66.7 Å². The molecule has 0 radical (unpaired) electrons. The molecule has 0 heterocycles. The first-order valence-electron chi connectivity index (χ1n) is 9.18. The molecule has 1 atom stereocenters. The predicted molar refractivity (Wildman–Crippen MR) is 105 cm³/mol. The molecule has 0 bridgehead atoms. The Kier molecular flexibility index (Phi) is 8.22. The van der Waals surface area contributed by atoms with Crippen molar-refractivity contribution in [3.05, 3.63) is 46.6 Å². The van der Waals surface area contributed by atoms with E-state index in [4.69, 9.17) is 5.11 Å². The topological polar surface area (TPSA) is 74.6 Å². The first-order chi connectivity index (χ1) is 12.0. The van der Waals surface area contributed by atoms with E-state index in [1.165, 1.54) is 30.1 Å². The number of allylic oxidation sites excluding steroid dienone is 6. The van der Waals surface area contributed by atoms with E-state index in [0.29, 0.717) is 5.57 Å². The van der Waals surface area contributed by atoms with E-state index >= 15 is 0 Å². The minimum Gasteiger partial charge on any atom is -0.481 e. The lowest BCUT2D eigenvalue weighted by Gasteiger charge is -2.34. The average Bonchev–Trinajstić information content (AvgIpc) is 2.50. The summed E-state index contributed by atoms with van der Waals surface area (Å²) in [7, 11) is 0. The van der Waals surface area contributed by atoms with Crippen LogP contribution in [0.25, 0.3) is 0 Å². The Bertz CT molecular complexity index is 660. The van der Waals surface area contributed by atoms with Gasteiger partial charge in [-0.2, -0.15) is 0 Å². The fourth-order valence-electron chi connectivity index (χ4n) is 3.41. The van der Waals surface area contributed by atoms with Crippen molar-refractivity contribution in [2.24, 2.45) is 5.41 Å². The molecule has 0 amide bonds. The molecule has 1 rings (SSSR count). The summed E-state index contributed by atoms with van der Waals surface area (Å²) in [5.74, 6) is -1.60. The van der Waals surface area contributed by atoms with Gasteiger partial charge in [0.25, 0.3) is 0 Å². The van der Waals surface area contributed by atoms with Gasteiger partial charge in [0.1, 0.15) is 6.42 Å². The quantitative estimate of drug-likeness (QED) is 0.283. The number of carboxylic acid groups (broad SMARTS) is 1. The number of carboxylic acids is 1. The third-order valence-electron chi connectivity index (χ3n) is 5.04. The van der Waals surface area contributed by atoms with Crippen LogP contribution in [0.5, 0.6) is 0 Å². The lowest BCUT2D eigenvalue weighted by Crippen LogP contribution is -2.20. The van der Waals surface area contributed by atoms with E-state index < -0.39 is 24.3 Å². The highest BCUT2D eigenvalue weighted by Crippen LogP contribution is 2.42. The van der Waals surface area contributed by atoms with Gasteiger partial charge in [-0.1, -0.05) is 43.2 Å². The normalized spacial score (nSPS) is 19.8. The summed E-state index contributed by atoms with van der Waals surface area (Å²) >= 11 is 0. The SMILES string of the molecule is CC1=C(C/C=C(\C)C(O)/C=C\C(C)=C/C(=O)CC(=O)O)C(C)(C)CCC1. The summed E-state index contributed by atoms with van der Waals surface area (Å²) in [5.41, 5.74) is 4.63. The van der Waals surface area contributed by atoms with Crippen LogP contribution in [0.2, 0.25) is 0 Å². The fraction of sp³-hybridized carbons (Fsp3) is 0.545. The molecule has 26 heavy (non-hydrogen) atoms. The molecule has 1 aliphatic carbocycles. The minimum absolute atomic E-state index is 0.212. The van der Waals surface area contributed by atoms with Crippen molar-refractivity contribution in [1.82, 2.24) is 0 Å². The second-order valence-corrected chi connectivity index (χ2v) is 7.88. The zero-order valence-electron chi connectivity index (χ0n) is 16.6. The van der Waals surface area contributed by atoms with Gasteiger partial charge in [-0.05, 0) is 69.1 Å². The van der Waals surface area contributed by atoms with Crippen molar-refractivity contribution in [3.8, 4) is 0 Å². The highest BCUT2D eigenvalue weighted by Gasteiger charge is 2.27. The van der Waals surface area contributed by atoms with E-state index in [-0.39, 0.29) is 5.41 Å². The zero-order chi connectivity index (χ0) is 19.9. The maximum absolute atomic E-state index is 11.4. The van der Waals surface area contributed by atoms with Crippen LogP contribution in [-0.4, -0.2) is 28.1 Å². The molecule has 0 saturated heterocycles. The van der Waals surface area contributed by atoms with Crippen molar-refractivity contribution >= 4 is 11.8 Å². The standard InChI is InChI=1S/C22H32O4/c1-15(13-18(23)14-21(25)26)8-11-20(24)17(3)9-10-19-16(2)7-6-12-22(19,4)5/h8-9,11,13,20,24H,6-7,10,12,14H2,1-5H3,(H,25,26)/b11-8-,15-13-,17-9+. The molecule has 0 fully saturated rings. The van der Waals surface area contributed by atoms with Crippen LogP contribution in [0.15, 0.2) is 46.6 Å². The van der Waals surface area contributed by atoms with Crippen LogP contribution in [0, 0.1) is 5.41 Å². The van der Waals surface area contributed by atoms with Crippen molar-refractivity contribution in [3.63, 3.8) is 0 Å². The summed E-state index contributed by atoms with van der Waals surface area (Å²) in [5, 5.41) is 18.9. The largest absolute Gasteiger partial charge is 0.481 e. The fourth-order valence-corrected chi connectivity index (χ4v) is 3.41. The lowest BCUT2D eigenvalue weighted by molar-refractivity contribution is -0.139. The van der Waals surface area contributed by atoms with Gasteiger partial charge in [-0.25, -0.2) is 0 Å².